The van der Waals surface area contributed by atoms with E-state index >= 15 is 0 Å². The maximum Gasteiger partial charge on any atom is 0.273 e. The summed E-state index contributed by atoms with van der Waals surface area (Å²) in [5, 5.41) is 10.5. The molecule has 29 heavy (non-hydrogen) atoms. The Kier molecular flexibility index (Phi) is 5.22. The molecule has 2 aromatic carbocycles. The van der Waals surface area contributed by atoms with Crippen molar-refractivity contribution in [3.8, 4) is 11.3 Å². The van der Waals surface area contributed by atoms with E-state index in [0.29, 0.717) is 27.7 Å². The zero-order valence-electron chi connectivity index (χ0n) is 15.6. The molecule has 2 amide bonds. The highest BCUT2D eigenvalue weighted by atomic mass is 35.5. The number of benzene rings is 2. The summed E-state index contributed by atoms with van der Waals surface area (Å²) in [6.45, 7) is 1.81. The van der Waals surface area contributed by atoms with Crippen LogP contribution in [0.1, 0.15) is 33.7 Å². The van der Waals surface area contributed by atoms with Crippen molar-refractivity contribution in [1.82, 2.24) is 10.2 Å². The Bertz CT molecular complexity index is 1060. The fourth-order valence-corrected chi connectivity index (χ4v) is 3.55. The summed E-state index contributed by atoms with van der Waals surface area (Å²) in [5.74, 6) is -0.889. The zero-order valence-corrected chi connectivity index (χ0v) is 16.4. The van der Waals surface area contributed by atoms with Crippen LogP contribution in [-0.4, -0.2) is 35.1 Å². The summed E-state index contributed by atoms with van der Waals surface area (Å²) in [5.41, 5.74) is 8.98. The first-order valence-corrected chi connectivity index (χ1v) is 9.70. The Morgan fingerprint density at radius 2 is 1.79 bits per heavy atom. The summed E-state index contributed by atoms with van der Waals surface area (Å²) < 4.78 is 0. The van der Waals surface area contributed by atoms with E-state index in [2.05, 4.69) is 20.4 Å². The van der Waals surface area contributed by atoms with Gasteiger partial charge >= 0.3 is 0 Å². The quantitative estimate of drug-likeness (QED) is 0.597. The number of nitrogens with two attached hydrogens (primary N) is 1. The predicted octanol–water partition coefficient (Wildman–Crippen LogP) is 3.68. The highest BCUT2D eigenvalue weighted by Crippen LogP contribution is 2.30. The van der Waals surface area contributed by atoms with E-state index in [-0.39, 0.29) is 5.91 Å². The lowest BCUT2D eigenvalue weighted by atomic mass is 10.1. The first-order valence-electron chi connectivity index (χ1n) is 9.33. The number of carbonyl (C=O) groups excluding carboxylic acids is 2. The van der Waals surface area contributed by atoms with E-state index in [1.54, 1.807) is 30.3 Å². The average Bonchev–Trinajstić information content (AvgIpc) is 3.41. The third kappa shape index (κ3) is 4.09. The molecular formula is C21H20ClN5O2. The maximum atomic E-state index is 12.8. The molecule has 1 saturated heterocycles. The van der Waals surface area contributed by atoms with Crippen LogP contribution < -0.4 is 16.0 Å². The number of nitrogens with zero attached hydrogens (tertiary/aromatic N) is 2. The van der Waals surface area contributed by atoms with Gasteiger partial charge in [0.2, 0.25) is 5.91 Å². The number of nitrogens with one attached hydrogen (secondary N) is 2. The Morgan fingerprint density at radius 3 is 2.48 bits per heavy atom. The number of primary amides is 1. The van der Waals surface area contributed by atoms with Crippen LogP contribution in [0.5, 0.6) is 0 Å². The summed E-state index contributed by atoms with van der Waals surface area (Å²) in [4.78, 5) is 26.6. The van der Waals surface area contributed by atoms with Gasteiger partial charge in [-0.25, -0.2) is 0 Å². The fourth-order valence-electron chi connectivity index (χ4n) is 3.42. The van der Waals surface area contributed by atoms with Crippen LogP contribution in [0.4, 0.5) is 11.4 Å². The van der Waals surface area contributed by atoms with Crippen LogP contribution in [0.25, 0.3) is 11.3 Å². The van der Waals surface area contributed by atoms with Gasteiger partial charge in [-0.3, -0.25) is 14.7 Å². The van der Waals surface area contributed by atoms with Crippen molar-refractivity contribution in [2.75, 3.05) is 23.3 Å². The summed E-state index contributed by atoms with van der Waals surface area (Å²) in [6.07, 6.45) is 2.19. The number of halogens is 1. The largest absolute Gasteiger partial charge is 0.370 e. The Hall–Kier alpha value is -3.32. The highest BCUT2D eigenvalue weighted by molar-refractivity contribution is 6.30. The number of rotatable bonds is 5. The monoisotopic (exact) mass is 409 g/mol. The second-order valence-corrected chi connectivity index (χ2v) is 7.35. The van der Waals surface area contributed by atoms with Crippen LogP contribution in [0.2, 0.25) is 5.02 Å². The number of amides is 2. The van der Waals surface area contributed by atoms with Crippen molar-refractivity contribution < 1.29 is 9.59 Å². The minimum Gasteiger partial charge on any atom is -0.370 e. The molecule has 0 bridgehead atoms. The number of aromatic amines is 1. The molecule has 0 spiro atoms. The minimum atomic E-state index is -0.542. The highest BCUT2D eigenvalue weighted by Gasteiger charge is 2.20. The van der Waals surface area contributed by atoms with Gasteiger partial charge < -0.3 is 16.0 Å². The molecule has 1 aromatic heterocycles. The number of H-pyrrole nitrogens is 1. The minimum absolute atomic E-state index is 0.312. The molecule has 1 aliphatic heterocycles. The second kappa shape index (κ2) is 7.97. The maximum absolute atomic E-state index is 12.8. The summed E-state index contributed by atoms with van der Waals surface area (Å²) in [7, 11) is 0. The lowest BCUT2D eigenvalue weighted by Crippen LogP contribution is -2.22. The van der Waals surface area contributed by atoms with E-state index in [1.165, 1.54) is 0 Å². The van der Waals surface area contributed by atoms with Gasteiger partial charge in [-0.2, -0.15) is 5.10 Å². The number of aromatic nitrogens is 2. The van der Waals surface area contributed by atoms with Crippen LogP contribution in [0, 0.1) is 0 Å². The molecule has 0 radical (unpaired) electrons. The molecule has 0 unspecified atom stereocenters. The number of anilines is 2. The first kappa shape index (κ1) is 19.0. The SMILES string of the molecule is NC(=O)c1ccc(N2CCCC2)c(NC(=O)c2cc(-c3ccc(Cl)cc3)n[nH]2)c1. The van der Waals surface area contributed by atoms with Gasteiger partial charge in [-0.15, -0.1) is 0 Å². The molecule has 0 saturated carbocycles. The summed E-state index contributed by atoms with van der Waals surface area (Å²) >= 11 is 5.92. The molecule has 8 heteroatoms. The van der Waals surface area contributed by atoms with Crippen molar-refractivity contribution >= 4 is 34.8 Å². The van der Waals surface area contributed by atoms with E-state index < -0.39 is 5.91 Å². The molecule has 1 aliphatic rings. The van der Waals surface area contributed by atoms with Crippen molar-refractivity contribution in [3.05, 3.63) is 64.8 Å². The van der Waals surface area contributed by atoms with Gasteiger partial charge in [0.25, 0.3) is 5.91 Å². The van der Waals surface area contributed by atoms with Crippen LogP contribution in [0.15, 0.2) is 48.5 Å². The van der Waals surface area contributed by atoms with E-state index in [1.807, 2.05) is 18.2 Å². The van der Waals surface area contributed by atoms with Crippen molar-refractivity contribution in [2.45, 2.75) is 12.8 Å². The van der Waals surface area contributed by atoms with Crippen molar-refractivity contribution in [3.63, 3.8) is 0 Å². The molecule has 7 nitrogen and oxygen atoms in total. The standard InChI is InChI=1S/C21H20ClN5O2/c22-15-6-3-13(4-7-15)16-12-18(26-25-16)21(29)24-17-11-14(20(23)28)5-8-19(17)27-9-1-2-10-27/h3-8,11-12H,1-2,9-10H2,(H2,23,28)(H,24,29)(H,25,26). The predicted molar refractivity (Wildman–Crippen MR) is 113 cm³/mol. The topological polar surface area (TPSA) is 104 Å². The molecule has 4 N–H and O–H groups in total. The average molecular weight is 410 g/mol. The van der Waals surface area contributed by atoms with Gasteiger partial charge in [-0.1, -0.05) is 23.7 Å². The Balaban J connectivity index is 1.60. The lowest BCUT2D eigenvalue weighted by Gasteiger charge is -2.22. The third-order valence-corrected chi connectivity index (χ3v) is 5.19. The number of carbonyl (C=O) groups is 2. The van der Waals surface area contributed by atoms with Gasteiger partial charge in [0.1, 0.15) is 5.69 Å². The van der Waals surface area contributed by atoms with E-state index in [9.17, 15) is 9.59 Å². The molecular weight excluding hydrogens is 390 g/mol. The van der Waals surface area contributed by atoms with Crippen LogP contribution in [0.3, 0.4) is 0 Å². The number of hydrogen-bond acceptors (Lipinski definition) is 4. The lowest BCUT2D eigenvalue weighted by molar-refractivity contribution is 0.0995. The van der Waals surface area contributed by atoms with Gasteiger partial charge in [0, 0.05) is 29.2 Å². The normalized spacial score (nSPS) is 13.5. The van der Waals surface area contributed by atoms with Gasteiger partial charge in [0.15, 0.2) is 0 Å². The molecule has 2 heterocycles. The van der Waals surface area contributed by atoms with Crippen LogP contribution in [-0.2, 0) is 0 Å². The first-order chi connectivity index (χ1) is 14.0. The second-order valence-electron chi connectivity index (χ2n) is 6.92. The van der Waals surface area contributed by atoms with Crippen molar-refractivity contribution in [2.24, 2.45) is 5.73 Å². The fraction of sp³-hybridized carbons (Fsp3) is 0.190. The smallest absolute Gasteiger partial charge is 0.273 e. The Labute approximate surface area is 172 Å². The number of hydrogen-bond donors (Lipinski definition) is 3. The van der Waals surface area contributed by atoms with Crippen molar-refractivity contribution in [1.29, 1.82) is 0 Å². The zero-order chi connectivity index (χ0) is 20.4. The molecule has 0 atom stereocenters. The molecule has 0 aliphatic carbocycles. The summed E-state index contributed by atoms with van der Waals surface area (Å²) in [6, 6.07) is 14.0. The molecule has 148 valence electrons. The molecule has 4 rings (SSSR count). The van der Waals surface area contributed by atoms with E-state index in [4.69, 9.17) is 17.3 Å². The van der Waals surface area contributed by atoms with Crippen LogP contribution >= 0.6 is 11.6 Å². The molecule has 3 aromatic rings. The Morgan fingerprint density at radius 1 is 1.07 bits per heavy atom. The third-order valence-electron chi connectivity index (χ3n) is 4.94. The van der Waals surface area contributed by atoms with Gasteiger partial charge in [0.05, 0.1) is 17.1 Å². The van der Waals surface area contributed by atoms with E-state index in [0.717, 1.165) is 37.2 Å². The van der Waals surface area contributed by atoms with Gasteiger partial charge in [-0.05, 0) is 49.2 Å². The molecule has 1 fully saturated rings.